The van der Waals surface area contributed by atoms with Crippen molar-refractivity contribution in [1.82, 2.24) is 0 Å². The second-order valence-electron chi connectivity index (χ2n) is 9.11. The summed E-state index contributed by atoms with van der Waals surface area (Å²) in [5.41, 5.74) is 2.90. The average Bonchev–Trinajstić information content (AvgIpc) is 3.09. The quantitative estimate of drug-likeness (QED) is 0.324. The molecule has 33 heavy (non-hydrogen) atoms. The monoisotopic (exact) mass is 441 g/mol. The van der Waals surface area contributed by atoms with Gasteiger partial charge in [-0.1, -0.05) is 75.4 Å². The van der Waals surface area contributed by atoms with E-state index < -0.39 is 17.7 Å². The minimum Gasteiger partial charge on any atom is -0.507 e. The number of nitrogens with zero attached hydrogens (tertiary/aromatic N) is 1. The fraction of sp³-hybridized carbons (Fsp3) is 0.214. The molecule has 1 heterocycles. The number of rotatable bonds is 4. The number of methoxy groups -OCH3 is 1. The van der Waals surface area contributed by atoms with Crippen molar-refractivity contribution < 1.29 is 19.4 Å². The predicted molar refractivity (Wildman–Crippen MR) is 129 cm³/mol. The van der Waals surface area contributed by atoms with E-state index in [0.717, 1.165) is 11.1 Å². The summed E-state index contributed by atoms with van der Waals surface area (Å²) in [6, 6.07) is 23.0. The predicted octanol–water partition coefficient (Wildman–Crippen LogP) is 5.62. The molecule has 4 rings (SSSR count). The Morgan fingerprint density at radius 2 is 1.58 bits per heavy atom. The van der Waals surface area contributed by atoms with E-state index in [0.29, 0.717) is 17.0 Å². The minimum atomic E-state index is -0.757. The average molecular weight is 442 g/mol. The van der Waals surface area contributed by atoms with Gasteiger partial charge in [0.05, 0.1) is 18.7 Å². The molecule has 1 fully saturated rings. The van der Waals surface area contributed by atoms with Gasteiger partial charge in [-0.15, -0.1) is 0 Å². The molecular weight excluding hydrogens is 414 g/mol. The zero-order valence-electron chi connectivity index (χ0n) is 19.2. The second kappa shape index (κ2) is 8.58. The van der Waals surface area contributed by atoms with E-state index in [1.807, 2.05) is 42.5 Å². The van der Waals surface area contributed by atoms with Crippen LogP contribution in [-0.4, -0.2) is 23.9 Å². The number of anilines is 1. The lowest BCUT2D eigenvalue weighted by molar-refractivity contribution is -0.132. The van der Waals surface area contributed by atoms with Crippen molar-refractivity contribution in [1.29, 1.82) is 0 Å². The molecule has 1 atom stereocenters. The topological polar surface area (TPSA) is 66.8 Å². The molecule has 0 radical (unpaired) electrons. The summed E-state index contributed by atoms with van der Waals surface area (Å²) in [6.45, 7) is 6.38. The van der Waals surface area contributed by atoms with Crippen LogP contribution < -0.4 is 9.64 Å². The molecule has 0 saturated carbocycles. The lowest BCUT2D eigenvalue weighted by Gasteiger charge is -2.26. The number of ether oxygens (including phenoxy) is 1. The van der Waals surface area contributed by atoms with Gasteiger partial charge in [0, 0.05) is 11.3 Å². The Balaban J connectivity index is 1.92. The van der Waals surface area contributed by atoms with Crippen molar-refractivity contribution in [2.24, 2.45) is 0 Å². The zero-order chi connectivity index (χ0) is 23.8. The number of para-hydroxylation sites is 1. The summed E-state index contributed by atoms with van der Waals surface area (Å²) >= 11 is 0. The van der Waals surface area contributed by atoms with Crippen LogP contribution in [0.3, 0.4) is 0 Å². The molecule has 0 aliphatic carbocycles. The Bertz CT molecular complexity index is 1220. The van der Waals surface area contributed by atoms with Gasteiger partial charge in [-0.05, 0) is 40.8 Å². The van der Waals surface area contributed by atoms with Crippen LogP contribution in [0, 0.1) is 0 Å². The number of aliphatic hydroxyl groups excluding tert-OH is 1. The SMILES string of the molecule is COc1cccc(/C(O)=C2/C(=O)C(=O)N(c3ccccc3)C2c2ccc(C(C)(C)C)cc2)c1. The first-order valence-corrected chi connectivity index (χ1v) is 10.8. The Kier molecular flexibility index (Phi) is 5.81. The van der Waals surface area contributed by atoms with E-state index in [1.165, 1.54) is 12.0 Å². The summed E-state index contributed by atoms with van der Waals surface area (Å²) in [5.74, 6) is -1.07. The molecule has 1 N–H and O–H groups in total. The maximum atomic E-state index is 13.2. The van der Waals surface area contributed by atoms with E-state index in [-0.39, 0.29) is 16.7 Å². The fourth-order valence-electron chi connectivity index (χ4n) is 4.09. The molecule has 1 unspecified atom stereocenters. The summed E-state index contributed by atoms with van der Waals surface area (Å²) in [4.78, 5) is 27.9. The van der Waals surface area contributed by atoms with Crippen LogP contribution in [-0.2, 0) is 15.0 Å². The number of aliphatic hydroxyl groups is 1. The lowest BCUT2D eigenvalue weighted by Crippen LogP contribution is -2.29. The molecule has 1 aliphatic heterocycles. The summed E-state index contributed by atoms with van der Waals surface area (Å²) < 4.78 is 5.27. The van der Waals surface area contributed by atoms with Gasteiger partial charge < -0.3 is 9.84 Å². The molecule has 168 valence electrons. The van der Waals surface area contributed by atoms with Gasteiger partial charge in [-0.2, -0.15) is 0 Å². The normalized spacial score (nSPS) is 17.9. The highest BCUT2D eigenvalue weighted by Gasteiger charge is 2.47. The molecule has 0 spiro atoms. The Hall–Kier alpha value is -3.86. The number of benzene rings is 3. The van der Waals surface area contributed by atoms with E-state index in [2.05, 4.69) is 20.8 Å². The largest absolute Gasteiger partial charge is 0.507 e. The van der Waals surface area contributed by atoms with E-state index in [4.69, 9.17) is 4.74 Å². The molecule has 1 aliphatic rings. The van der Waals surface area contributed by atoms with Gasteiger partial charge in [0.25, 0.3) is 11.7 Å². The number of carbonyl (C=O) groups is 2. The van der Waals surface area contributed by atoms with Crippen molar-refractivity contribution in [2.45, 2.75) is 32.2 Å². The maximum Gasteiger partial charge on any atom is 0.300 e. The summed E-state index contributed by atoms with van der Waals surface area (Å²) in [5, 5.41) is 11.2. The minimum absolute atomic E-state index is 0.0413. The third kappa shape index (κ3) is 4.14. The molecule has 5 nitrogen and oxygen atoms in total. The molecule has 0 bridgehead atoms. The molecule has 1 amide bonds. The van der Waals surface area contributed by atoms with Crippen LogP contribution in [0.25, 0.3) is 5.76 Å². The van der Waals surface area contributed by atoms with Crippen molar-refractivity contribution >= 4 is 23.1 Å². The van der Waals surface area contributed by atoms with Crippen molar-refractivity contribution in [3.63, 3.8) is 0 Å². The van der Waals surface area contributed by atoms with Crippen molar-refractivity contribution in [3.8, 4) is 5.75 Å². The van der Waals surface area contributed by atoms with Gasteiger partial charge in [-0.3, -0.25) is 14.5 Å². The molecular formula is C28H27NO4. The highest BCUT2D eigenvalue weighted by Crippen LogP contribution is 2.42. The highest BCUT2D eigenvalue weighted by atomic mass is 16.5. The number of Topliss-reactive ketones (excluding diaryl/α,β-unsaturated/α-hetero) is 1. The van der Waals surface area contributed by atoms with Crippen LogP contribution in [0.15, 0.2) is 84.4 Å². The molecule has 3 aromatic carbocycles. The molecule has 1 saturated heterocycles. The van der Waals surface area contributed by atoms with Gasteiger partial charge >= 0.3 is 0 Å². The van der Waals surface area contributed by atoms with Gasteiger partial charge in [0.2, 0.25) is 0 Å². The van der Waals surface area contributed by atoms with E-state index >= 15 is 0 Å². The van der Waals surface area contributed by atoms with Gasteiger partial charge in [-0.25, -0.2) is 0 Å². The van der Waals surface area contributed by atoms with Gasteiger partial charge in [0.15, 0.2) is 0 Å². The van der Waals surface area contributed by atoms with Crippen LogP contribution in [0.1, 0.15) is 43.5 Å². The first-order valence-electron chi connectivity index (χ1n) is 10.8. The fourth-order valence-corrected chi connectivity index (χ4v) is 4.09. The first-order chi connectivity index (χ1) is 15.7. The van der Waals surface area contributed by atoms with Crippen molar-refractivity contribution in [3.05, 3.63) is 101 Å². The van der Waals surface area contributed by atoms with Crippen molar-refractivity contribution in [2.75, 3.05) is 12.0 Å². The second-order valence-corrected chi connectivity index (χ2v) is 9.11. The Morgan fingerprint density at radius 3 is 2.18 bits per heavy atom. The van der Waals surface area contributed by atoms with Gasteiger partial charge in [0.1, 0.15) is 11.5 Å². The van der Waals surface area contributed by atoms with Crippen LogP contribution in [0.2, 0.25) is 0 Å². The lowest BCUT2D eigenvalue weighted by atomic mass is 9.85. The summed E-state index contributed by atoms with van der Waals surface area (Å²) in [6.07, 6.45) is 0. The van der Waals surface area contributed by atoms with Crippen LogP contribution in [0.5, 0.6) is 5.75 Å². The zero-order valence-corrected chi connectivity index (χ0v) is 19.2. The molecule has 5 heteroatoms. The third-order valence-electron chi connectivity index (χ3n) is 5.91. The van der Waals surface area contributed by atoms with Crippen LogP contribution in [0.4, 0.5) is 5.69 Å². The highest BCUT2D eigenvalue weighted by molar-refractivity contribution is 6.51. The number of hydrogen-bond acceptors (Lipinski definition) is 4. The number of hydrogen-bond donors (Lipinski definition) is 1. The first kappa shape index (κ1) is 22.3. The third-order valence-corrected chi connectivity index (χ3v) is 5.91. The standard InChI is InChI=1S/C28H27NO4/c1-28(2,3)20-15-13-18(14-16-20)24-23(25(30)19-9-8-12-22(17-19)33-4)26(31)27(32)29(24)21-10-6-5-7-11-21/h5-17,24,30H,1-4H3/b25-23-. The number of carbonyl (C=O) groups excluding carboxylic acids is 2. The molecule has 3 aromatic rings. The molecule has 0 aromatic heterocycles. The van der Waals surface area contributed by atoms with Crippen LogP contribution >= 0.6 is 0 Å². The Morgan fingerprint density at radius 1 is 0.909 bits per heavy atom. The number of amides is 1. The number of ketones is 1. The smallest absolute Gasteiger partial charge is 0.300 e. The van der Waals surface area contributed by atoms with E-state index in [1.54, 1.807) is 36.4 Å². The maximum absolute atomic E-state index is 13.2. The Labute approximate surface area is 193 Å². The summed E-state index contributed by atoms with van der Waals surface area (Å²) in [7, 11) is 1.53. The van der Waals surface area contributed by atoms with E-state index in [9.17, 15) is 14.7 Å².